The van der Waals surface area contributed by atoms with E-state index in [1.54, 1.807) is 6.08 Å². The number of carbonyl (C=O) groups is 1. The fourth-order valence-corrected chi connectivity index (χ4v) is 4.12. The highest BCUT2D eigenvalue weighted by Crippen LogP contribution is 2.39. The van der Waals surface area contributed by atoms with Crippen LogP contribution < -0.4 is 0 Å². The number of nitrogens with zero attached hydrogens (tertiary/aromatic N) is 4. The number of aryl methyl sites for hydroxylation is 2. The van der Waals surface area contributed by atoms with E-state index in [1.165, 1.54) is 5.69 Å². The first-order valence-electron chi connectivity index (χ1n) is 9.94. The standard InChI is InChI=1S/C24H20N4O2/c1-15-4-2-5-20(26-15)24-23(21-6-3-13-28(21)27-24)17-11-12-25-19-9-7-16(14-18(17)19)8-10-22(29)30/h2,4-5,7-12,14H,3,6,13H2,1H3,(H,29,30)/b10-8+. The van der Waals surface area contributed by atoms with E-state index in [9.17, 15) is 4.79 Å². The second kappa shape index (κ2) is 7.22. The van der Waals surface area contributed by atoms with Gasteiger partial charge in [-0.25, -0.2) is 4.79 Å². The Morgan fingerprint density at radius 3 is 2.93 bits per heavy atom. The van der Waals surface area contributed by atoms with Gasteiger partial charge in [-0.15, -0.1) is 0 Å². The molecule has 1 N–H and O–H groups in total. The molecule has 1 aromatic carbocycles. The summed E-state index contributed by atoms with van der Waals surface area (Å²) in [5.41, 5.74) is 7.73. The molecule has 1 aliphatic heterocycles. The molecule has 30 heavy (non-hydrogen) atoms. The maximum absolute atomic E-state index is 10.9. The molecule has 4 heterocycles. The SMILES string of the molecule is Cc1cccc(-c2nn3c(c2-c2ccnc4ccc(/C=C/C(=O)O)cc24)CCC3)n1. The van der Waals surface area contributed by atoms with Crippen molar-refractivity contribution in [3.8, 4) is 22.5 Å². The zero-order valence-corrected chi connectivity index (χ0v) is 16.5. The minimum Gasteiger partial charge on any atom is -0.478 e. The van der Waals surface area contributed by atoms with Crippen molar-refractivity contribution >= 4 is 22.9 Å². The lowest BCUT2D eigenvalue weighted by atomic mass is 9.95. The van der Waals surface area contributed by atoms with Crippen molar-refractivity contribution in [2.75, 3.05) is 0 Å². The number of hydrogen-bond acceptors (Lipinski definition) is 4. The smallest absolute Gasteiger partial charge is 0.328 e. The Labute approximate surface area is 173 Å². The molecule has 0 amide bonds. The number of hydrogen-bond donors (Lipinski definition) is 1. The largest absolute Gasteiger partial charge is 0.478 e. The summed E-state index contributed by atoms with van der Waals surface area (Å²) in [5, 5.41) is 14.8. The first-order valence-corrected chi connectivity index (χ1v) is 9.94. The average Bonchev–Trinajstić information content (AvgIpc) is 3.33. The highest BCUT2D eigenvalue weighted by molar-refractivity contribution is 6.00. The van der Waals surface area contributed by atoms with Crippen LogP contribution >= 0.6 is 0 Å². The van der Waals surface area contributed by atoms with E-state index in [2.05, 4.69) is 9.67 Å². The summed E-state index contributed by atoms with van der Waals surface area (Å²) in [6.07, 6.45) is 6.61. The number of fused-ring (bicyclic) bond motifs is 2. The third-order valence-electron chi connectivity index (χ3n) is 5.43. The van der Waals surface area contributed by atoms with Crippen LogP contribution in [-0.2, 0) is 17.8 Å². The Morgan fingerprint density at radius 1 is 1.20 bits per heavy atom. The molecule has 0 radical (unpaired) electrons. The third kappa shape index (κ3) is 3.16. The van der Waals surface area contributed by atoms with Crippen LogP contribution in [0.25, 0.3) is 39.5 Å². The van der Waals surface area contributed by atoms with Gasteiger partial charge in [0, 0.05) is 41.2 Å². The van der Waals surface area contributed by atoms with Crippen LogP contribution in [0.1, 0.15) is 23.4 Å². The molecular formula is C24H20N4O2. The predicted octanol–water partition coefficient (Wildman–Crippen LogP) is 4.51. The van der Waals surface area contributed by atoms with Crippen molar-refractivity contribution in [3.05, 3.63) is 71.7 Å². The Balaban J connectivity index is 1.76. The van der Waals surface area contributed by atoms with Crippen molar-refractivity contribution in [2.24, 2.45) is 0 Å². The van der Waals surface area contributed by atoms with Crippen LogP contribution in [0.2, 0.25) is 0 Å². The van der Waals surface area contributed by atoms with Gasteiger partial charge in [0.2, 0.25) is 0 Å². The predicted molar refractivity (Wildman–Crippen MR) is 116 cm³/mol. The minimum atomic E-state index is -0.969. The van der Waals surface area contributed by atoms with Crippen LogP contribution in [0.15, 0.2) is 54.7 Å². The summed E-state index contributed by atoms with van der Waals surface area (Å²) in [4.78, 5) is 20.2. The summed E-state index contributed by atoms with van der Waals surface area (Å²) < 4.78 is 2.09. The van der Waals surface area contributed by atoms with Gasteiger partial charge in [-0.2, -0.15) is 5.10 Å². The molecule has 148 valence electrons. The number of aromatic nitrogens is 4. The minimum absolute atomic E-state index is 0.818. The van der Waals surface area contributed by atoms with Gasteiger partial charge >= 0.3 is 5.97 Å². The van der Waals surface area contributed by atoms with Gasteiger partial charge < -0.3 is 5.11 Å². The fourth-order valence-electron chi connectivity index (χ4n) is 4.12. The monoisotopic (exact) mass is 396 g/mol. The molecule has 0 saturated carbocycles. The van der Waals surface area contributed by atoms with Crippen LogP contribution in [0, 0.1) is 6.92 Å². The molecule has 3 aromatic heterocycles. The van der Waals surface area contributed by atoms with Crippen molar-refractivity contribution in [2.45, 2.75) is 26.3 Å². The number of rotatable bonds is 4. The Kier molecular flexibility index (Phi) is 4.39. The maximum Gasteiger partial charge on any atom is 0.328 e. The van der Waals surface area contributed by atoms with E-state index < -0.39 is 5.97 Å². The van der Waals surface area contributed by atoms with Crippen molar-refractivity contribution in [1.29, 1.82) is 0 Å². The highest BCUT2D eigenvalue weighted by atomic mass is 16.4. The number of pyridine rings is 2. The van der Waals surface area contributed by atoms with Crippen molar-refractivity contribution < 1.29 is 9.90 Å². The molecule has 0 spiro atoms. The van der Waals surface area contributed by atoms with Gasteiger partial charge in [0.1, 0.15) is 5.69 Å². The maximum atomic E-state index is 10.9. The first kappa shape index (κ1) is 18.2. The van der Waals surface area contributed by atoms with Gasteiger partial charge in [0.15, 0.2) is 0 Å². The summed E-state index contributed by atoms with van der Waals surface area (Å²) in [5.74, 6) is -0.969. The molecule has 6 heteroatoms. The molecule has 0 unspecified atom stereocenters. The molecule has 4 aromatic rings. The van der Waals surface area contributed by atoms with Crippen LogP contribution in [0.4, 0.5) is 0 Å². The van der Waals surface area contributed by atoms with E-state index in [4.69, 9.17) is 15.2 Å². The van der Waals surface area contributed by atoms with Crippen LogP contribution in [0.5, 0.6) is 0 Å². The molecule has 0 fully saturated rings. The summed E-state index contributed by atoms with van der Waals surface area (Å²) in [6.45, 7) is 2.89. The molecule has 0 saturated heterocycles. The Bertz CT molecular complexity index is 1320. The first-order chi connectivity index (χ1) is 14.6. The van der Waals surface area contributed by atoms with Gasteiger partial charge in [0.25, 0.3) is 0 Å². The topological polar surface area (TPSA) is 80.9 Å². The molecule has 5 rings (SSSR count). The molecular weight excluding hydrogens is 376 g/mol. The Hall–Kier alpha value is -3.80. The molecule has 6 nitrogen and oxygen atoms in total. The second-order valence-electron chi connectivity index (χ2n) is 7.47. The lowest BCUT2D eigenvalue weighted by molar-refractivity contribution is -0.131. The number of carboxylic acid groups (broad SMARTS) is 1. The quantitative estimate of drug-likeness (QED) is 0.513. The lowest BCUT2D eigenvalue weighted by Crippen LogP contribution is -1.95. The lowest BCUT2D eigenvalue weighted by Gasteiger charge is -2.10. The average molecular weight is 396 g/mol. The summed E-state index contributed by atoms with van der Waals surface area (Å²) in [6, 6.07) is 13.8. The van der Waals surface area contributed by atoms with Gasteiger partial charge in [-0.3, -0.25) is 14.6 Å². The fraction of sp³-hybridized carbons (Fsp3) is 0.167. The van der Waals surface area contributed by atoms with Crippen LogP contribution in [-0.4, -0.2) is 30.8 Å². The Morgan fingerprint density at radius 2 is 2.10 bits per heavy atom. The summed E-state index contributed by atoms with van der Waals surface area (Å²) >= 11 is 0. The molecule has 0 aliphatic carbocycles. The van der Waals surface area contributed by atoms with E-state index in [0.29, 0.717) is 0 Å². The molecule has 1 aliphatic rings. The number of benzene rings is 1. The number of aliphatic carboxylic acids is 1. The highest BCUT2D eigenvalue weighted by Gasteiger charge is 2.25. The van der Waals surface area contributed by atoms with E-state index in [-0.39, 0.29) is 0 Å². The zero-order valence-electron chi connectivity index (χ0n) is 16.5. The van der Waals surface area contributed by atoms with Gasteiger partial charge in [-0.1, -0.05) is 12.1 Å². The zero-order chi connectivity index (χ0) is 20.7. The van der Waals surface area contributed by atoms with Crippen molar-refractivity contribution in [1.82, 2.24) is 19.7 Å². The molecule has 0 bridgehead atoms. The van der Waals surface area contributed by atoms with E-state index in [0.717, 1.165) is 70.1 Å². The molecule has 0 atom stereocenters. The summed E-state index contributed by atoms with van der Waals surface area (Å²) in [7, 11) is 0. The van der Waals surface area contributed by atoms with Crippen LogP contribution in [0.3, 0.4) is 0 Å². The normalized spacial score (nSPS) is 13.2. The third-order valence-corrected chi connectivity index (χ3v) is 5.43. The number of carboxylic acids is 1. The van der Waals surface area contributed by atoms with Gasteiger partial charge in [-0.05, 0) is 67.3 Å². The van der Waals surface area contributed by atoms with E-state index >= 15 is 0 Å². The second-order valence-corrected chi connectivity index (χ2v) is 7.47. The van der Waals surface area contributed by atoms with Crippen molar-refractivity contribution in [3.63, 3.8) is 0 Å². The van der Waals surface area contributed by atoms with Gasteiger partial charge in [0.05, 0.1) is 11.2 Å². The van der Waals surface area contributed by atoms with E-state index in [1.807, 2.05) is 55.6 Å².